The molecule has 0 heterocycles. The van der Waals surface area contributed by atoms with Crippen molar-refractivity contribution in [2.24, 2.45) is 0 Å². The molecule has 174 valence electrons. The number of carbonyl (C=O) groups is 1. The average molecular weight is 473 g/mol. The minimum atomic E-state index is -3.66. The normalized spacial score (nSPS) is 11.0. The maximum absolute atomic E-state index is 14.0. The highest BCUT2D eigenvalue weighted by molar-refractivity contribution is 7.92. The number of carbonyl (C=O) groups excluding carboxylic acids is 1. The first kappa shape index (κ1) is 24.1. The Hall–Kier alpha value is -3.59. The lowest BCUT2D eigenvalue weighted by molar-refractivity contribution is -0.123. The molecule has 1 N–H and O–H groups in total. The topological polar surface area (TPSA) is 84.9 Å². The molecule has 0 aromatic heterocycles. The van der Waals surface area contributed by atoms with Crippen LogP contribution in [0.1, 0.15) is 11.1 Å². The van der Waals surface area contributed by atoms with Crippen LogP contribution < -0.4 is 19.1 Å². The number of rotatable bonds is 10. The molecule has 3 rings (SSSR count). The van der Waals surface area contributed by atoms with Crippen molar-refractivity contribution in [3.8, 4) is 11.5 Å². The number of nitrogens with one attached hydrogen (secondary N) is 1. The molecule has 0 aliphatic heterocycles. The number of sulfonamides is 1. The van der Waals surface area contributed by atoms with Gasteiger partial charge in [-0.15, -0.1) is 0 Å². The van der Waals surface area contributed by atoms with Gasteiger partial charge in [0.1, 0.15) is 17.3 Å². The van der Waals surface area contributed by atoms with Gasteiger partial charge < -0.3 is 14.8 Å². The summed E-state index contributed by atoms with van der Waals surface area (Å²) in [6.45, 7) is 0.0183. The quantitative estimate of drug-likeness (QED) is 0.488. The average Bonchev–Trinajstić information content (AvgIpc) is 2.81. The highest BCUT2D eigenvalue weighted by Gasteiger charge is 2.19. The Morgan fingerprint density at radius 1 is 0.970 bits per heavy atom. The molecule has 1 amide bonds. The second kappa shape index (κ2) is 10.8. The smallest absolute Gasteiger partial charge is 0.258 e. The van der Waals surface area contributed by atoms with Gasteiger partial charge >= 0.3 is 0 Å². The summed E-state index contributed by atoms with van der Waals surface area (Å²) >= 11 is 0. The van der Waals surface area contributed by atoms with Gasteiger partial charge in [0.2, 0.25) is 10.0 Å². The second-order valence-electron chi connectivity index (χ2n) is 7.27. The summed E-state index contributed by atoms with van der Waals surface area (Å²) in [6.07, 6.45) is 1.06. The van der Waals surface area contributed by atoms with Gasteiger partial charge in [-0.05, 0) is 48.0 Å². The fraction of sp³-hybridized carbons (Fsp3) is 0.208. The van der Waals surface area contributed by atoms with Crippen LogP contribution in [0, 0.1) is 5.82 Å². The van der Waals surface area contributed by atoms with Gasteiger partial charge in [-0.1, -0.05) is 30.3 Å². The zero-order chi connectivity index (χ0) is 23.8. The molecule has 3 aromatic carbocycles. The predicted molar refractivity (Wildman–Crippen MR) is 124 cm³/mol. The number of halogens is 1. The monoisotopic (exact) mass is 472 g/mol. The number of amides is 1. The van der Waals surface area contributed by atoms with Gasteiger partial charge in [-0.25, -0.2) is 12.8 Å². The Labute approximate surface area is 192 Å². The maximum Gasteiger partial charge on any atom is 0.258 e. The van der Waals surface area contributed by atoms with E-state index in [4.69, 9.17) is 9.47 Å². The number of benzene rings is 3. The first-order chi connectivity index (χ1) is 15.8. The van der Waals surface area contributed by atoms with Crippen molar-refractivity contribution >= 4 is 21.6 Å². The number of nitrogens with zero attached hydrogens (tertiary/aromatic N) is 1. The molecule has 0 aliphatic rings. The molecule has 0 saturated heterocycles. The Morgan fingerprint density at radius 2 is 1.61 bits per heavy atom. The molecule has 7 nitrogen and oxygen atoms in total. The van der Waals surface area contributed by atoms with E-state index in [2.05, 4.69) is 5.32 Å². The summed E-state index contributed by atoms with van der Waals surface area (Å²) < 4.78 is 50.3. The number of hydrogen-bond acceptors (Lipinski definition) is 5. The molecule has 9 heteroatoms. The lowest BCUT2D eigenvalue weighted by Gasteiger charge is -2.23. The van der Waals surface area contributed by atoms with E-state index in [1.165, 1.54) is 12.1 Å². The Bertz CT molecular complexity index is 1180. The summed E-state index contributed by atoms with van der Waals surface area (Å²) in [5, 5.41) is 2.76. The van der Waals surface area contributed by atoms with E-state index in [-0.39, 0.29) is 24.6 Å². The summed E-state index contributed by atoms with van der Waals surface area (Å²) in [5.74, 6) is 0.358. The molecule has 0 radical (unpaired) electrons. The van der Waals surface area contributed by atoms with E-state index < -0.39 is 15.8 Å². The Balaban J connectivity index is 1.57. The minimum absolute atomic E-state index is 0.139. The number of methoxy groups -OCH3 is 1. The number of hydrogen-bond donors (Lipinski definition) is 1. The van der Waals surface area contributed by atoms with Gasteiger partial charge in [0.25, 0.3) is 5.91 Å². The van der Waals surface area contributed by atoms with Crippen LogP contribution >= 0.6 is 0 Å². The van der Waals surface area contributed by atoms with Crippen LogP contribution in [0.3, 0.4) is 0 Å². The highest BCUT2D eigenvalue weighted by Crippen LogP contribution is 2.24. The molecular formula is C24H25FN2O5S. The fourth-order valence-electron chi connectivity index (χ4n) is 3.03. The maximum atomic E-state index is 14.0. The van der Waals surface area contributed by atoms with Crippen molar-refractivity contribution < 1.29 is 27.1 Å². The van der Waals surface area contributed by atoms with Crippen LogP contribution in [0.2, 0.25) is 0 Å². The van der Waals surface area contributed by atoms with Crippen LogP contribution in [0.5, 0.6) is 11.5 Å². The first-order valence-corrected chi connectivity index (χ1v) is 11.9. The highest BCUT2D eigenvalue weighted by atomic mass is 32.2. The molecule has 0 unspecified atom stereocenters. The van der Waals surface area contributed by atoms with Crippen LogP contribution in [-0.2, 0) is 27.9 Å². The predicted octanol–water partition coefficient (Wildman–Crippen LogP) is 3.50. The van der Waals surface area contributed by atoms with Crippen LogP contribution in [0.25, 0.3) is 0 Å². The van der Waals surface area contributed by atoms with E-state index in [0.717, 1.165) is 21.9 Å². The standard InChI is InChI=1S/C24H25FN2O5S/c1-31-21-11-7-18(8-12-21)15-26-24(28)17-32-22-13-9-20(10-14-22)27(33(2,29)30)16-19-5-3-4-6-23(19)25/h3-14H,15-17H2,1-2H3,(H,26,28). The van der Waals surface area contributed by atoms with Crippen LogP contribution in [-0.4, -0.2) is 34.3 Å². The zero-order valence-corrected chi connectivity index (χ0v) is 19.1. The van der Waals surface area contributed by atoms with E-state index in [0.29, 0.717) is 18.0 Å². The lowest BCUT2D eigenvalue weighted by atomic mass is 10.2. The first-order valence-electron chi connectivity index (χ1n) is 10.1. The van der Waals surface area contributed by atoms with Gasteiger partial charge in [-0.2, -0.15) is 0 Å². The van der Waals surface area contributed by atoms with Crippen molar-refractivity contribution in [1.82, 2.24) is 5.32 Å². The molecule has 3 aromatic rings. The van der Waals surface area contributed by atoms with Crippen molar-refractivity contribution in [2.75, 3.05) is 24.3 Å². The van der Waals surface area contributed by atoms with Crippen molar-refractivity contribution in [2.45, 2.75) is 13.1 Å². The summed E-state index contributed by atoms with van der Waals surface area (Å²) in [4.78, 5) is 12.1. The van der Waals surface area contributed by atoms with Gasteiger partial charge in [0, 0.05) is 12.1 Å². The van der Waals surface area contributed by atoms with Crippen molar-refractivity contribution in [3.05, 3.63) is 89.7 Å². The molecule has 0 spiro atoms. The Kier molecular flexibility index (Phi) is 7.89. The molecule has 0 bridgehead atoms. The molecule has 0 atom stereocenters. The number of ether oxygens (including phenoxy) is 2. The SMILES string of the molecule is COc1ccc(CNC(=O)COc2ccc(N(Cc3ccccc3F)S(C)(=O)=O)cc2)cc1. The Morgan fingerprint density at radius 3 is 2.21 bits per heavy atom. The second-order valence-corrected chi connectivity index (χ2v) is 9.18. The molecule has 0 saturated carbocycles. The van der Waals surface area contributed by atoms with Gasteiger partial charge in [0.15, 0.2) is 6.61 Å². The minimum Gasteiger partial charge on any atom is -0.497 e. The van der Waals surface area contributed by atoms with Gasteiger partial charge in [-0.3, -0.25) is 9.10 Å². The third kappa shape index (κ3) is 6.95. The lowest BCUT2D eigenvalue weighted by Crippen LogP contribution is -2.29. The summed E-state index contributed by atoms with van der Waals surface area (Å²) in [7, 11) is -2.07. The summed E-state index contributed by atoms with van der Waals surface area (Å²) in [6, 6.07) is 19.6. The fourth-order valence-corrected chi connectivity index (χ4v) is 3.91. The van der Waals surface area contributed by atoms with Crippen LogP contribution in [0.4, 0.5) is 10.1 Å². The van der Waals surface area contributed by atoms with E-state index >= 15 is 0 Å². The van der Waals surface area contributed by atoms with Crippen LogP contribution in [0.15, 0.2) is 72.8 Å². The summed E-state index contributed by atoms with van der Waals surface area (Å²) in [5.41, 5.74) is 1.54. The third-order valence-corrected chi connectivity index (χ3v) is 5.96. The zero-order valence-electron chi connectivity index (χ0n) is 18.3. The molecule has 0 aliphatic carbocycles. The van der Waals surface area contributed by atoms with E-state index in [9.17, 15) is 17.6 Å². The molecule has 33 heavy (non-hydrogen) atoms. The molecule has 0 fully saturated rings. The van der Waals surface area contributed by atoms with Crippen molar-refractivity contribution in [3.63, 3.8) is 0 Å². The van der Waals surface area contributed by atoms with E-state index in [1.54, 1.807) is 43.5 Å². The molecular weight excluding hydrogens is 447 g/mol. The number of anilines is 1. The van der Waals surface area contributed by atoms with E-state index in [1.807, 2.05) is 24.3 Å². The van der Waals surface area contributed by atoms with Gasteiger partial charge in [0.05, 0.1) is 25.6 Å². The largest absolute Gasteiger partial charge is 0.497 e. The third-order valence-electron chi connectivity index (χ3n) is 4.82. The van der Waals surface area contributed by atoms with Crippen molar-refractivity contribution in [1.29, 1.82) is 0 Å².